The van der Waals surface area contributed by atoms with Gasteiger partial charge in [0.2, 0.25) is 5.88 Å². The van der Waals surface area contributed by atoms with E-state index in [9.17, 15) is 5.11 Å². The highest BCUT2D eigenvalue weighted by molar-refractivity contribution is 6.30. The lowest BCUT2D eigenvalue weighted by Gasteiger charge is -2.17. The van der Waals surface area contributed by atoms with E-state index in [-0.39, 0.29) is 12.6 Å². The molecule has 2 rings (SSSR count). The minimum Gasteiger partial charge on any atom is -0.481 e. The number of aliphatic hydroxyl groups is 1. The molecule has 6 heteroatoms. The Hall–Kier alpha value is -1.56. The molecule has 1 heterocycles. The zero-order valence-corrected chi connectivity index (χ0v) is 13.9. The topological polar surface area (TPSA) is 59.3 Å². The SMILES string of the molecule is CCc1nn(C)c(OC)c1CNC(CO)c1ccc(Cl)cc1. The van der Waals surface area contributed by atoms with Gasteiger partial charge < -0.3 is 15.2 Å². The van der Waals surface area contributed by atoms with E-state index in [2.05, 4.69) is 17.3 Å². The fourth-order valence-corrected chi connectivity index (χ4v) is 2.66. The number of nitrogens with zero attached hydrogens (tertiary/aromatic N) is 2. The van der Waals surface area contributed by atoms with Crippen molar-refractivity contribution >= 4 is 11.6 Å². The normalized spacial score (nSPS) is 12.4. The molecule has 1 aromatic carbocycles. The molecule has 0 saturated heterocycles. The zero-order chi connectivity index (χ0) is 16.1. The van der Waals surface area contributed by atoms with Crippen LogP contribution in [0.4, 0.5) is 0 Å². The number of hydrogen-bond acceptors (Lipinski definition) is 4. The highest BCUT2D eigenvalue weighted by Gasteiger charge is 2.17. The van der Waals surface area contributed by atoms with E-state index in [1.807, 2.05) is 31.3 Å². The molecule has 1 aromatic heterocycles. The molecule has 0 amide bonds. The second-order valence-electron chi connectivity index (χ2n) is 5.08. The van der Waals surface area contributed by atoms with E-state index < -0.39 is 0 Å². The number of ether oxygens (including phenoxy) is 1. The number of aromatic nitrogens is 2. The van der Waals surface area contributed by atoms with E-state index >= 15 is 0 Å². The Morgan fingerprint density at radius 2 is 2.05 bits per heavy atom. The Morgan fingerprint density at radius 1 is 1.36 bits per heavy atom. The molecule has 0 fully saturated rings. The van der Waals surface area contributed by atoms with Crippen LogP contribution in [0.25, 0.3) is 0 Å². The molecule has 22 heavy (non-hydrogen) atoms. The Morgan fingerprint density at radius 3 is 2.59 bits per heavy atom. The van der Waals surface area contributed by atoms with Crippen molar-refractivity contribution in [2.24, 2.45) is 7.05 Å². The van der Waals surface area contributed by atoms with Crippen LogP contribution in [0.3, 0.4) is 0 Å². The number of halogens is 1. The third-order valence-electron chi connectivity index (χ3n) is 3.68. The highest BCUT2D eigenvalue weighted by Crippen LogP contribution is 2.23. The van der Waals surface area contributed by atoms with Gasteiger partial charge in [-0.3, -0.25) is 0 Å². The number of aliphatic hydroxyl groups excluding tert-OH is 1. The number of hydrogen-bond donors (Lipinski definition) is 2. The molecule has 0 spiro atoms. The van der Waals surface area contributed by atoms with E-state index in [0.717, 1.165) is 29.1 Å². The van der Waals surface area contributed by atoms with E-state index in [1.165, 1.54) is 0 Å². The molecular formula is C16H22ClN3O2. The fourth-order valence-electron chi connectivity index (χ4n) is 2.53. The molecule has 0 saturated carbocycles. The number of rotatable bonds is 7. The Kier molecular flexibility index (Phi) is 5.83. The van der Waals surface area contributed by atoms with Crippen molar-refractivity contribution in [3.63, 3.8) is 0 Å². The van der Waals surface area contributed by atoms with Crippen molar-refractivity contribution < 1.29 is 9.84 Å². The van der Waals surface area contributed by atoms with Crippen LogP contribution in [-0.2, 0) is 20.0 Å². The van der Waals surface area contributed by atoms with Crippen LogP contribution >= 0.6 is 11.6 Å². The summed E-state index contributed by atoms with van der Waals surface area (Å²) in [6.45, 7) is 2.65. The quantitative estimate of drug-likeness (QED) is 0.822. The first-order valence-corrected chi connectivity index (χ1v) is 7.66. The molecule has 0 aliphatic heterocycles. The Bertz CT molecular complexity index is 611. The average molecular weight is 324 g/mol. The average Bonchev–Trinajstić information content (AvgIpc) is 2.84. The van der Waals surface area contributed by atoms with Crippen LogP contribution in [0.15, 0.2) is 24.3 Å². The van der Waals surface area contributed by atoms with Gasteiger partial charge in [-0.05, 0) is 24.1 Å². The predicted molar refractivity (Wildman–Crippen MR) is 87.3 cm³/mol. The van der Waals surface area contributed by atoms with Crippen LogP contribution in [0, 0.1) is 0 Å². The number of benzene rings is 1. The second-order valence-corrected chi connectivity index (χ2v) is 5.52. The van der Waals surface area contributed by atoms with Gasteiger partial charge in [-0.1, -0.05) is 30.7 Å². The smallest absolute Gasteiger partial charge is 0.216 e. The summed E-state index contributed by atoms with van der Waals surface area (Å²) in [4.78, 5) is 0. The number of aryl methyl sites for hydroxylation is 2. The first kappa shape index (κ1) is 16.8. The van der Waals surface area contributed by atoms with Gasteiger partial charge in [0, 0.05) is 18.6 Å². The summed E-state index contributed by atoms with van der Waals surface area (Å²) in [5.74, 6) is 0.747. The van der Waals surface area contributed by atoms with Crippen molar-refractivity contribution in [2.45, 2.75) is 25.9 Å². The van der Waals surface area contributed by atoms with Crippen LogP contribution in [-0.4, -0.2) is 28.6 Å². The summed E-state index contributed by atoms with van der Waals surface area (Å²) >= 11 is 5.90. The lowest BCUT2D eigenvalue weighted by Crippen LogP contribution is -2.24. The van der Waals surface area contributed by atoms with E-state index in [4.69, 9.17) is 16.3 Å². The Labute approximate surface area is 135 Å². The number of nitrogens with one attached hydrogen (secondary N) is 1. The van der Waals surface area contributed by atoms with Gasteiger partial charge in [-0.15, -0.1) is 0 Å². The number of methoxy groups -OCH3 is 1. The maximum Gasteiger partial charge on any atom is 0.216 e. The standard InChI is InChI=1S/C16H22ClN3O2/c1-4-14-13(16(22-3)20(2)19-14)9-18-15(10-21)11-5-7-12(17)8-6-11/h5-8,15,18,21H,4,9-10H2,1-3H3. The minimum atomic E-state index is -0.160. The summed E-state index contributed by atoms with van der Waals surface area (Å²) in [7, 11) is 3.51. The molecule has 5 nitrogen and oxygen atoms in total. The van der Waals surface area contributed by atoms with Crippen LogP contribution in [0.2, 0.25) is 5.02 Å². The Balaban J connectivity index is 2.15. The monoisotopic (exact) mass is 323 g/mol. The van der Waals surface area contributed by atoms with Crippen molar-refractivity contribution in [3.8, 4) is 5.88 Å². The summed E-state index contributed by atoms with van der Waals surface area (Å²) in [5, 5.41) is 18.1. The van der Waals surface area contributed by atoms with E-state index in [1.54, 1.807) is 11.8 Å². The lowest BCUT2D eigenvalue weighted by atomic mass is 10.1. The summed E-state index contributed by atoms with van der Waals surface area (Å²) in [6, 6.07) is 7.31. The molecular weight excluding hydrogens is 302 g/mol. The molecule has 0 radical (unpaired) electrons. The third kappa shape index (κ3) is 3.61. The van der Waals surface area contributed by atoms with Gasteiger partial charge in [-0.25, -0.2) is 4.68 Å². The van der Waals surface area contributed by atoms with Gasteiger partial charge in [0.05, 0.1) is 31.0 Å². The van der Waals surface area contributed by atoms with Crippen molar-refractivity contribution in [1.29, 1.82) is 0 Å². The maximum atomic E-state index is 9.64. The third-order valence-corrected chi connectivity index (χ3v) is 3.93. The molecule has 0 aliphatic carbocycles. The molecule has 0 aliphatic rings. The highest BCUT2D eigenvalue weighted by atomic mass is 35.5. The van der Waals surface area contributed by atoms with Crippen LogP contribution < -0.4 is 10.1 Å². The second kappa shape index (κ2) is 7.63. The fraction of sp³-hybridized carbons (Fsp3) is 0.438. The van der Waals surface area contributed by atoms with Gasteiger partial charge in [-0.2, -0.15) is 5.10 Å². The summed E-state index contributed by atoms with van der Waals surface area (Å²) in [6.07, 6.45) is 0.832. The maximum absolute atomic E-state index is 9.64. The molecule has 120 valence electrons. The van der Waals surface area contributed by atoms with Gasteiger partial charge in [0.1, 0.15) is 0 Å². The van der Waals surface area contributed by atoms with Gasteiger partial charge >= 0.3 is 0 Å². The first-order chi connectivity index (χ1) is 10.6. The predicted octanol–water partition coefficient (Wildman–Crippen LogP) is 2.47. The first-order valence-electron chi connectivity index (χ1n) is 7.29. The molecule has 2 aromatic rings. The van der Waals surface area contributed by atoms with Crippen molar-refractivity contribution in [1.82, 2.24) is 15.1 Å². The van der Waals surface area contributed by atoms with E-state index in [0.29, 0.717) is 11.6 Å². The van der Waals surface area contributed by atoms with Crippen molar-refractivity contribution in [2.75, 3.05) is 13.7 Å². The van der Waals surface area contributed by atoms with Gasteiger partial charge in [0.15, 0.2) is 0 Å². The van der Waals surface area contributed by atoms with Crippen LogP contribution in [0.1, 0.15) is 29.8 Å². The minimum absolute atomic E-state index is 0.00562. The zero-order valence-electron chi connectivity index (χ0n) is 13.1. The molecule has 1 atom stereocenters. The van der Waals surface area contributed by atoms with Crippen LogP contribution in [0.5, 0.6) is 5.88 Å². The molecule has 2 N–H and O–H groups in total. The van der Waals surface area contributed by atoms with Gasteiger partial charge in [0.25, 0.3) is 0 Å². The molecule has 0 bridgehead atoms. The largest absolute Gasteiger partial charge is 0.481 e. The van der Waals surface area contributed by atoms with Crippen molar-refractivity contribution in [3.05, 3.63) is 46.1 Å². The lowest BCUT2D eigenvalue weighted by molar-refractivity contribution is 0.243. The summed E-state index contributed by atoms with van der Waals surface area (Å²) in [5.41, 5.74) is 3.02. The summed E-state index contributed by atoms with van der Waals surface area (Å²) < 4.78 is 7.17. The molecule has 1 unspecified atom stereocenters.